The summed E-state index contributed by atoms with van der Waals surface area (Å²) >= 11 is 6.09. The number of halogens is 1. The maximum atomic E-state index is 12.8. The standard InChI is InChI=1S/C18H23ClN2O5S/c1-3-7-17(22)26-13(2)18(23)20-16-12-14(8-9-15(16)19)27(24,25)21-10-5-4-6-11-21/h3,7-9,12-13H,4-6,10-11H2,1-2H3,(H,20,23)/b7-3+/t13-/m1/s1. The number of hydrogen-bond donors (Lipinski definition) is 1. The number of nitrogens with one attached hydrogen (secondary N) is 1. The van der Waals surface area contributed by atoms with E-state index in [0.717, 1.165) is 19.3 Å². The SMILES string of the molecule is C/C=C/C(=O)O[C@H](C)C(=O)Nc1cc(S(=O)(=O)N2CCCCC2)ccc1Cl. The van der Waals surface area contributed by atoms with E-state index in [1.54, 1.807) is 6.92 Å². The quantitative estimate of drug-likeness (QED) is 0.570. The van der Waals surface area contributed by atoms with Crippen LogP contribution in [0.15, 0.2) is 35.2 Å². The van der Waals surface area contributed by atoms with Crippen LogP contribution in [0.2, 0.25) is 5.02 Å². The smallest absolute Gasteiger partial charge is 0.331 e. The molecule has 0 aliphatic carbocycles. The Balaban J connectivity index is 2.17. The molecule has 1 N–H and O–H groups in total. The largest absolute Gasteiger partial charge is 0.449 e. The third kappa shape index (κ3) is 5.54. The number of ether oxygens (including phenoxy) is 1. The highest BCUT2D eigenvalue weighted by molar-refractivity contribution is 7.89. The molecule has 1 amide bonds. The third-order valence-electron chi connectivity index (χ3n) is 4.11. The molecule has 2 rings (SSSR count). The second kappa shape index (κ2) is 9.34. The Hall–Kier alpha value is -1.90. The lowest BCUT2D eigenvalue weighted by Gasteiger charge is -2.26. The van der Waals surface area contributed by atoms with Crippen LogP contribution in [0.3, 0.4) is 0 Å². The summed E-state index contributed by atoms with van der Waals surface area (Å²) in [5.74, 6) is -1.25. The lowest BCUT2D eigenvalue weighted by Crippen LogP contribution is -2.35. The fourth-order valence-corrected chi connectivity index (χ4v) is 4.36. The molecular weight excluding hydrogens is 392 g/mol. The van der Waals surface area contributed by atoms with Gasteiger partial charge in [-0.3, -0.25) is 4.79 Å². The summed E-state index contributed by atoms with van der Waals surface area (Å²) in [4.78, 5) is 23.7. The number of anilines is 1. The minimum absolute atomic E-state index is 0.0580. The van der Waals surface area contributed by atoms with Crippen molar-refractivity contribution in [2.24, 2.45) is 0 Å². The van der Waals surface area contributed by atoms with E-state index < -0.39 is 28.0 Å². The highest BCUT2D eigenvalue weighted by Gasteiger charge is 2.27. The molecule has 1 saturated heterocycles. The normalized spacial score (nSPS) is 16.9. The first kappa shape index (κ1) is 21.4. The molecule has 0 aromatic heterocycles. The van der Waals surface area contributed by atoms with E-state index >= 15 is 0 Å². The van der Waals surface area contributed by atoms with E-state index in [2.05, 4.69) is 5.32 Å². The molecule has 1 aromatic carbocycles. The maximum absolute atomic E-state index is 12.8. The number of carbonyl (C=O) groups is 2. The Morgan fingerprint density at radius 1 is 1.26 bits per heavy atom. The molecule has 1 atom stereocenters. The number of nitrogens with zero attached hydrogens (tertiary/aromatic N) is 1. The summed E-state index contributed by atoms with van der Waals surface area (Å²) in [7, 11) is -3.65. The number of amides is 1. The fourth-order valence-electron chi connectivity index (χ4n) is 2.65. The molecule has 27 heavy (non-hydrogen) atoms. The summed E-state index contributed by atoms with van der Waals surface area (Å²) in [5, 5.41) is 2.71. The van der Waals surface area contributed by atoms with E-state index in [4.69, 9.17) is 16.3 Å². The molecule has 1 aliphatic rings. The molecule has 1 fully saturated rings. The Kier molecular flexibility index (Phi) is 7.41. The number of piperidine rings is 1. The van der Waals surface area contributed by atoms with Gasteiger partial charge in [0.05, 0.1) is 15.6 Å². The van der Waals surface area contributed by atoms with Crippen LogP contribution in [0.4, 0.5) is 5.69 Å². The van der Waals surface area contributed by atoms with Crippen LogP contribution in [0.1, 0.15) is 33.1 Å². The molecular formula is C18H23ClN2O5S. The second-order valence-corrected chi connectivity index (χ2v) is 8.52. The first-order valence-corrected chi connectivity index (χ1v) is 10.5. The maximum Gasteiger partial charge on any atom is 0.331 e. The fraction of sp³-hybridized carbons (Fsp3) is 0.444. The van der Waals surface area contributed by atoms with Crippen LogP contribution in [-0.2, 0) is 24.3 Å². The van der Waals surface area contributed by atoms with Crippen molar-refractivity contribution in [3.8, 4) is 0 Å². The summed E-state index contributed by atoms with van der Waals surface area (Å²) in [5.41, 5.74) is 0.147. The average molecular weight is 415 g/mol. The van der Waals surface area contributed by atoms with Crippen molar-refractivity contribution in [2.45, 2.75) is 44.1 Å². The molecule has 9 heteroatoms. The number of benzene rings is 1. The number of carbonyl (C=O) groups excluding carboxylic acids is 2. The molecule has 7 nitrogen and oxygen atoms in total. The van der Waals surface area contributed by atoms with Gasteiger partial charge in [0, 0.05) is 19.2 Å². The van der Waals surface area contributed by atoms with Gasteiger partial charge in [-0.05, 0) is 44.9 Å². The Labute approximate surface area is 164 Å². The first-order valence-electron chi connectivity index (χ1n) is 8.69. The van der Waals surface area contributed by atoms with Gasteiger partial charge in [-0.2, -0.15) is 4.31 Å². The van der Waals surface area contributed by atoms with E-state index in [9.17, 15) is 18.0 Å². The van der Waals surface area contributed by atoms with E-state index in [1.807, 2.05) is 0 Å². The van der Waals surface area contributed by atoms with Crippen molar-refractivity contribution in [3.05, 3.63) is 35.4 Å². The van der Waals surface area contributed by atoms with Crippen LogP contribution in [0, 0.1) is 0 Å². The van der Waals surface area contributed by atoms with E-state index in [0.29, 0.717) is 13.1 Å². The van der Waals surface area contributed by atoms with Crippen molar-refractivity contribution in [3.63, 3.8) is 0 Å². The van der Waals surface area contributed by atoms with Gasteiger partial charge in [-0.25, -0.2) is 13.2 Å². The monoisotopic (exact) mass is 414 g/mol. The lowest BCUT2D eigenvalue weighted by atomic mass is 10.2. The first-order chi connectivity index (χ1) is 12.8. The highest BCUT2D eigenvalue weighted by atomic mass is 35.5. The molecule has 1 aliphatic heterocycles. The average Bonchev–Trinajstić information content (AvgIpc) is 2.64. The van der Waals surface area contributed by atoms with Gasteiger partial charge in [0.15, 0.2) is 6.10 Å². The van der Waals surface area contributed by atoms with Crippen molar-refractivity contribution in [1.82, 2.24) is 4.31 Å². The molecule has 1 aromatic rings. The van der Waals surface area contributed by atoms with Gasteiger partial charge < -0.3 is 10.1 Å². The Morgan fingerprint density at radius 2 is 1.93 bits per heavy atom. The van der Waals surface area contributed by atoms with Crippen LogP contribution >= 0.6 is 11.6 Å². The predicted octanol–water partition coefficient (Wildman–Crippen LogP) is 2.96. The minimum Gasteiger partial charge on any atom is -0.449 e. The Bertz CT molecular complexity index is 832. The number of allylic oxidation sites excluding steroid dienone is 1. The van der Waals surface area contributed by atoms with Crippen LogP contribution < -0.4 is 5.32 Å². The van der Waals surface area contributed by atoms with Crippen molar-refractivity contribution >= 4 is 39.2 Å². The van der Waals surface area contributed by atoms with Gasteiger partial charge in [0.1, 0.15) is 0 Å². The minimum atomic E-state index is -3.65. The van der Waals surface area contributed by atoms with Gasteiger partial charge in [-0.1, -0.05) is 24.1 Å². The van der Waals surface area contributed by atoms with Crippen molar-refractivity contribution in [1.29, 1.82) is 0 Å². The summed E-state index contributed by atoms with van der Waals surface area (Å²) in [6.45, 7) is 4.02. The highest BCUT2D eigenvalue weighted by Crippen LogP contribution is 2.28. The summed E-state index contributed by atoms with van der Waals surface area (Å²) < 4.78 is 31.9. The van der Waals surface area contributed by atoms with Gasteiger partial charge in [0.2, 0.25) is 10.0 Å². The zero-order chi connectivity index (χ0) is 20.0. The van der Waals surface area contributed by atoms with Crippen LogP contribution in [0.5, 0.6) is 0 Å². The molecule has 0 radical (unpaired) electrons. The predicted molar refractivity (Wildman–Crippen MR) is 103 cm³/mol. The summed E-state index contributed by atoms with van der Waals surface area (Å²) in [6, 6.07) is 4.16. The molecule has 0 unspecified atom stereocenters. The lowest BCUT2D eigenvalue weighted by molar-refractivity contribution is -0.148. The number of rotatable bonds is 6. The molecule has 1 heterocycles. The zero-order valence-electron chi connectivity index (χ0n) is 15.3. The topological polar surface area (TPSA) is 92.8 Å². The molecule has 0 bridgehead atoms. The van der Waals surface area contributed by atoms with Crippen LogP contribution in [0.25, 0.3) is 0 Å². The third-order valence-corrected chi connectivity index (χ3v) is 6.34. The van der Waals surface area contributed by atoms with Crippen molar-refractivity contribution in [2.75, 3.05) is 18.4 Å². The van der Waals surface area contributed by atoms with Gasteiger partial charge in [-0.15, -0.1) is 0 Å². The van der Waals surface area contributed by atoms with Crippen LogP contribution in [-0.4, -0.2) is 43.8 Å². The second-order valence-electron chi connectivity index (χ2n) is 6.17. The number of hydrogen-bond acceptors (Lipinski definition) is 5. The van der Waals surface area contributed by atoms with Gasteiger partial charge >= 0.3 is 5.97 Å². The number of esters is 1. The Morgan fingerprint density at radius 3 is 2.56 bits per heavy atom. The van der Waals surface area contributed by atoms with E-state index in [1.165, 1.54) is 41.6 Å². The zero-order valence-corrected chi connectivity index (χ0v) is 16.8. The molecule has 148 valence electrons. The summed E-state index contributed by atoms with van der Waals surface area (Å²) in [6.07, 6.45) is 4.29. The van der Waals surface area contributed by atoms with E-state index in [-0.39, 0.29) is 15.6 Å². The molecule has 0 spiro atoms. The van der Waals surface area contributed by atoms with Gasteiger partial charge in [0.25, 0.3) is 5.91 Å². The number of sulfonamides is 1. The molecule has 0 saturated carbocycles. The van der Waals surface area contributed by atoms with Crippen molar-refractivity contribution < 1.29 is 22.7 Å².